The summed E-state index contributed by atoms with van der Waals surface area (Å²) in [6, 6.07) is 21.0. The lowest BCUT2D eigenvalue weighted by atomic mass is 10.2. The molecule has 0 spiro atoms. The zero-order valence-electron chi connectivity index (χ0n) is 15.6. The summed E-state index contributed by atoms with van der Waals surface area (Å²) in [7, 11) is 3.98. The lowest BCUT2D eigenvalue weighted by molar-refractivity contribution is -0.112. The molecule has 1 amide bonds. The Bertz CT molecular complexity index is 1040. The van der Waals surface area contributed by atoms with Gasteiger partial charge in [0.25, 0.3) is 5.91 Å². The van der Waals surface area contributed by atoms with Crippen LogP contribution >= 0.6 is 15.9 Å². The topological polar surface area (TPSA) is 61.1 Å². The van der Waals surface area contributed by atoms with Gasteiger partial charge in [0, 0.05) is 47.5 Å². The molecule has 0 bridgehead atoms. The second-order valence-electron chi connectivity index (χ2n) is 6.34. The van der Waals surface area contributed by atoms with Crippen LogP contribution < -0.4 is 10.2 Å². The van der Waals surface area contributed by atoms with E-state index in [1.165, 1.54) is 0 Å². The SMILES string of the molecule is CN(C)c1ccc(-n2cccc2/C=C(/C#N)C(=O)Nc2ccc(Br)cc2)cc1. The number of halogens is 1. The fraction of sp³-hybridized carbons (Fsp3) is 0.0909. The Kier molecular flexibility index (Phi) is 5.97. The largest absolute Gasteiger partial charge is 0.378 e. The van der Waals surface area contributed by atoms with Crippen molar-refractivity contribution in [1.29, 1.82) is 5.26 Å². The van der Waals surface area contributed by atoms with Gasteiger partial charge in [-0.05, 0) is 66.7 Å². The van der Waals surface area contributed by atoms with E-state index in [1.807, 2.05) is 84.4 Å². The average Bonchev–Trinajstić information content (AvgIpc) is 3.16. The molecule has 0 saturated heterocycles. The minimum absolute atomic E-state index is 0.0350. The Labute approximate surface area is 172 Å². The molecule has 1 aromatic heterocycles. The van der Waals surface area contributed by atoms with Gasteiger partial charge < -0.3 is 14.8 Å². The van der Waals surface area contributed by atoms with E-state index >= 15 is 0 Å². The first-order valence-corrected chi connectivity index (χ1v) is 9.41. The zero-order chi connectivity index (χ0) is 20.1. The van der Waals surface area contributed by atoms with Crippen molar-refractivity contribution in [3.63, 3.8) is 0 Å². The summed E-state index contributed by atoms with van der Waals surface area (Å²) in [4.78, 5) is 14.5. The van der Waals surface area contributed by atoms with Crippen molar-refractivity contribution in [3.05, 3.63) is 82.6 Å². The van der Waals surface area contributed by atoms with Crippen molar-refractivity contribution in [1.82, 2.24) is 4.57 Å². The van der Waals surface area contributed by atoms with Crippen LogP contribution in [0.15, 0.2) is 76.9 Å². The number of nitrogens with one attached hydrogen (secondary N) is 1. The van der Waals surface area contributed by atoms with Gasteiger partial charge in [-0.3, -0.25) is 4.79 Å². The van der Waals surface area contributed by atoms with Crippen molar-refractivity contribution >= 4 is 39.3 Å². The standard InChI is InChI=1S/C22H19BrN4O/c1-26(2)19-9-11-20(12-10-19)27-13-3-4-21(27)14-16(15-24)22(28)25-18-7-5-17(23)6-8-18/h3-14H,1-2H3,(H,25,28)/b16-14-. The molecule has 28 heavy (non-hydrogen) atoms. The smallest absolute Gasteiger partial charge is 0.266 e. The molecule has 2 aromatic carbocycles. The molecule has 1 N–H and O–H groups in total. The summed E-state index contributed by atoms with van der Waals surface area (Å²) in [6.45, 7) is 0. The maximum atomic E-state index is 12.5. The Balaban J connectivity index is 1.85. The van der Waals surface area contributed by atoms with E-state index in [0.717, 1.165) is 21.5 Å². The number of nitrogens with zero attached hydrogens (tertiary/aromatic N) is 3. The summed E-state index contributed by atoms with van der Waals surface area (Å²) < 4.78 is 2.85. The molecule has 3 aromatic rings. The van der Waals surface area contributed by atoms with Crippen LogP contribution in [0.2, 0.25) is 0 Å². The van der Waals surface area contributed by atoms with Crippen molar-refractivity contribution in [3.8, 4) is 11.8 Å². The van der Waals surface area contributed by atoms with Gasteiger partial charge in [-0.25, -0.2) is 0 Å². The summed E-state index contributed by atoms with van der Waals surface area (Å²) in [5.74, 6) is -0.444. The van der Waals surface area contributed by atoms with Gasteiger partial charge in [-0.1, -0.05) is 15.9 Å². The van der Waals surface area contributed by atoms with Gasteiger partial charge in [0.05, 0.1) is 0 Å². The number of hydrogen-bond acceptors (Lipinski definition) is 3. The van der Waals surface area contributed by atoms with E-state index in [0.29, 0.717) is 5.69 Å². The highest BCUT2D eigenvalue weighted by Crippen LogP contribution is 2.20. The van der Waals surface area contributed by atoms with Crippen LogP contribution in [0, 0.1) is 11.3 Å². The van der Waals surface area contributed by atoms with Gasteiger partial charge in [0.15, 0.2) is 0 Å². The lowest BCUT2D eigenvalue weighted by Crippen LogP contribution is -2.13. The molecule has 1 heterocycles. The Hall–Kier alpha value is -3.30. The molecule has 0 aliphatic carbocycles. The number of benzene rings is 2. The molecule has 0 fully saturated rings. The molecule has 0 radical (unpaired) electrons. The number of carbonyl (C=O) groups is 1. The predicted octanol–water partition coefficient (Wildman–Crippen LogP) is 4.85. The number of amides is 1. The number of rotatable bonds is 5. The monoisotopic (exact) mass is 434 g/mol. The van der Waals surface area contributed by atoms with E-state index in [-0.39, 0.29) is 5.57 Å². The van der Waals surface area contributed by atoms with Crippen LogP contribution in [0.1, 0.15) is 5.69 Å². The van der Waals surface area contributed by atoms with Crippen molar-refractivity contribution in [2.45, 2.75) is 0 Å². The third-order valence-electron chi connectivity index (χ3n) is 4.18. The van der Waals surface area contributed by atoms with Crippen LogP contribution in [-0.2, 0) is 4.79 Å². The number of carbonyl (C=O) groups excluding carboxylic acids is 1. The second kappa shape index (κ2) is 8.59. The van der Waals surface area contributed by atoms with Gasteiger partial charge in [-0.2, -0.15) is 5.26 Å². The lowest BCUT2D eigenvalue weighted by Gasteiger charge is -2.14. The third kappa shape index (κ3) is 4.51. The van der Waals surface area contributed by atoms with Crippen molar-refractivity contribution in [2.75, 3.05) is 24.3 Å². The Morgan fingerprint density at radius 2 is 1.79 bits per heavy atom. The molecule has 6 heteroatoms. The number of aromatic nitrogens is 1. The Morgan fingerprint density at radius 3 is 2.39 bits per heavy atom. The molecule has 140 valence electrons. The van der Waals surface area contributed by atoms with E-state index in [1.54, 1.807) is 18.2 Å². The minimum Gasteiger partial charge on any atom is -0.378 e. The summed E-state index contributed by atoms with van der Waals surface area (Å²) in [5.41, 5.74) is 3.46. The van der Waals surface area contributed by atoms with E-state index in [2.05, 4.69) is 21.2 Å². The summed E-state index contributed by atoms with van der Waals surface area (Å²) in [6.07, 6.45) is 3.49. The highest BCUT2D eigenvalue weighted by molar-refractivity contribution is 9.10. The third-order valence-corrected chi connectivity index (χ3v) is 4.71. The Morgan fingerprint density at radius 1 is 1.11 bits per heavy atom. The van der Waals surface area contributed by atoms with Gasteiger partial charge >= 0.3 is 0 Å². The molecular weight excluding hydrogens is 416 g/mol. The van der Waals surface area contributed by atoms with Crippen molar-refractivity contribution < 1.29 is 4.79 Å². The molecule has 0 aliphatic heterocycles. The molecule has 0 saturated carbocycles. The van der Waals surface area contributed by atoms with E-state index < -0.39 is 5.91 Å². The molecule has 0 atom stereocenters. The highest BCUT2D eigenvalue weighted by Gasteiger charge is 2.11. The number of hydrogen-bond donors (Lipinski definition) is 1. The fourth-order valence-corrected chi connectivity index (χ4v) is 2.95. The average molecular weight is 435 g/mol. The maximum absolute atomic E-state index is 12.5. The van der Waals surface area contributed by atoms with E-state index in [9.17, 15) is 10.1 Å². The van der Waals surface area contributed by atoms with Gasteiger partial charge in [0.2, 0.25) is 0 Å². The normalized spacial score (nSPS) is 11.0. The first-order valence-electron chi connectivity index (χ1n) is 8.62. The fourth-order valence-electron chi connectivity index (χ4n) is 2.69. The molecule has 0 unspecified atom stereocenters. The highest BCUT2D eigenvalue weighted by atomic mass is 79.9. The van der Waals surface area contributed by atoms with Crippen LogP contribution in [0.4, 0.5) is 11.4 Å². The van der Waals surface area contributed by atoms with Crippen LogP contribution in [0.5, 0.6) is 0 Å². The zero-order valence-corrected chi connectivity index (χ0v) is 17.1. The minimum atomic E-state index is -0.444. The van der Waals surface area contributed by atoms with Gasteiger partial charge in [0.1, 0.15) is 11.6 Å². The second-order valence-corrected chi connectivity index (χ2v) is 7.26. The van der Waals surface area contributed by atoms with Gasteiger partial charge in [-0.15, -0.1) is 0 Å². The first kappa shape index (κ1) is 19.5. The first-order chi connectivity index (χ1) is 13.5. The van der Waals surface area contributed by atoms with E-state index in [4.69, 9.17) is 0 Å². The predicted molar refractivity (Wildman–Crippen MR) is 116 cm³/mol. The van der Waals surface area contributed by atoms with Crippen LogP contribution in [0.25, 0.3) is 11.8 Å². The summed E-state index contributed by atoms with van der Waals surface area (Å²) >= 11 is 3.35. The number of nitriles is 1. The quantitative estimate of drug-likeness (QED) is 0.460. The van der Waals surface area contributed by atoms with Crippen LogP contribution in [-0.4, -0.2) is 24.6 Å². The molecule has 0 aliphatic rings. The van der Waals surface area contributed by atoms with Crippen LogP contribution in [0.3, 0.4) is 0 Å². The van der Waals surface area contributed by atoms with Crippen molar-refractivity contribution in [2.24, 2.45) is 0 Å². The maximum Gasteiger partial charge on any atom is 0.266 e. The molecular formula is C22H19BrN4O. The molecule has 5 nitrogen and oxygen atoms in total. The number of anilines is 2. The molecule has 3 rings (SSSR count). The summed E-state index contributed by atoms with van der Waals surface area (Å²) in [5, 5.41) is 12.2.